The van der Waals surface area contributed by atoms with Gasteiger partial charge in [0.05, 0.1) is 26.4 Å². The molecule has 0 aromatic heterocycles. The number of phosphoric ester groups is 2. The first-order chi connectivity index (χ1) is 48.4. The topological polar surface area (TPSA) is 237 Å². The molecular formula is C81H158O17P2. The Morgan fingerprint density at radius 2 is 0.510 bits per heavy atom. The van der Waals surface area contributed by atoms with E-state index in [0.29, 0.717) is 25.7 Å². The fraction of sp³-hybridized carbons (Fsp3) is 0.951. The van der Waals surface area contributed by atoms with E-state index in [9.17, 15) is 43.2 Å². The van der Waals surface area contributed by atoms with E-state index in [1.54, 1.807) is 0 Å². The number of esters is 4. The molecule has 0 saturated carbocycles. The molecule has 0 radical (unpaired) electrons. The minimum atomic E-state index is -4.96. The van der Waals surface area contributed by atoms with Gasteiger partial charge in [0.15, 0.2) is 12.2 Å². The summed E-state index contributed by atoms with van der Waals surface area (Å²) in [6.45, 7) is 9.62. The van der Waals surface area contributed by atoms with Crippen LogP contribution in [0.25, 0.3) is 0 Å². The zero-order valence-electron chi connectivity index (χ0n) is 65.5. The molecule has 0 aromatic rings. The number of ether oxygens (including phenoxy) is 4. The minimum Gasteiger partial charge on any atom is -0.462 e. The van der Waals surface area contributed by atoms with E-state index in [4.69, 9.17) is 37.0 Å². The summed E-state index contributed by atoms with van der Waals surface area (Å²) in [4.78, 5) is 73.0. The lowest BCUT2D eigenvalue weighted by Gasteiger charge is -2.21. The van der Waals surface area contributed by atoms with Gasteiger partial charge in [-0.25, -0.2) is 9.13 Å². The molecule has 0 saturated heterocycles. The van der Waals surface area contributed by atoms with Crippen LogP contribution < -0.4 is 0 Å². The predicted molar refractivity (Wildman–Crippen MR) is 409 cm³/mol. The van der Waals surface area contributed by atoms with Gasteiger partial charge in [0, 0.05) is 25.7 Å². The van der Waals surface area contributed by atoms with Crippen LogP contribution in [-0.2, 0) is 65.4 Å². The van der Waals surface area contributed by atoms with Gasteiger partial charge in [-0.2, -0.15) is 0 Å². The third-order valence-corrected chi connectivity index (χ3v) is 21.2. The highest BCUT2D eigenvalue weighted by atomic mass is 31.2. The van der Waals surface area contributed by atoms with E-state index < -0.39 is 97.5 Å². The number of carbonyl (C=O) groups is 4. The van der Waals surface area contributed by atoms with Crippen LogP contribution in [0, 0.1) is 11.8 Å². The van der Waals surface area contributed by atoms with Gasteiger partial charge < -0.3 is 33.8 Å². The number of rotatable bonds is 80. The lowest BCUT2D eigenvalue weighted by atomic mass is 10.00. The number of aliphatic hydroxyl groups excluding tert-OH is 1. The van der Waals surface area contributed by atoms with E-state index >= 15 is 0 Å². The Kier molecular flexibility index (Phi) is 71.2. The Balaban J connectivity index is 5.23. The molecule has 6 atom stereocenters. The number of phosphoric acid groups is 2. The second-order valence-electron chi connectivity index (χ2n) is 29.9. The van der Waals surface area contributed by atoms with Gasteiger partial charge in [0.2, 0.25) is 0 Å². The van der Waals surface area contributed by atoms with E-state index in [0.717, 1.165) is 108 Å². The highest BCUT2D eigenvalue weighted by Crippen LogP contribution is 2.45. The van der Waals surface area contributed by atoms with Crippen molar-refractivity contribution in [3.05, 3.63) is 0 Å². The Bertz CT molecular complexity index is 1930. The first kappa shape index (κ1) is 98.1. The van der Waals surface area contributed by atoms with Crippen molar-refractivity contribution in [2.45, 2.75) is 445 Å². The Labute approximate surface area is 613 Å². The molecule has 0 rings (SSSR count). The maximum atomic E-state index is 13.1. The summed E-state index contributed by atoms with van der Waals surface area (Å²) in [5.74, 6) is -0.579. The van der Waals surface area contributed by atoms with Crippen molar-refractivity contribution in [2.75, 3.05) is 39.6 Å². The standard InChI is InChI=1S/C81H158O17P2/c1-7-10-12-14-16-18-20-22-23-24-25-26-27-28-34-38-42-46-54-60-66-80(85)97-76(69-91-78(83)63-57-51-44-40-36-33-30-29-32-35-39-43-49-55-61-73(4)5)71-95-99(87,88)93-67-75(82)68-94-100(89,90)96-72-77(70-92-79(84)64-58-52-48-47-50-56-62-74(6)9-3)98-81(86)65-59-53-45-41-37-31-21-19-17-15-13-11-8-2/h73-77,82H,7-72H2,1-6H3,(H,87,88)(H,89,90)/t74?,75-,76-,77-/m1/s1. The lowest BCUT2D eigenvalue weighted by molar-refractivity contribution is -0.161. The van der Waals surface area contributed by atoms with Crippen LogP contribution >= 0.6 is 15.6 Å². The molecule has 0 aliphatic carbocycles. The first-order valence-electron chi connectivity index (χ1n) is 42.0. The molecular weight excluding hydrogens is 1310 g/mol. The molecule has 0 aromatic carbocycles. The highest BCUT2D eigenvalue weighted by Gasteiger charge is 2.30. The van der Waals surface area contributed by atoms with Crippen LogP contribution in [0.1, 0.15) is 427 Å². The van der Waals surface area contributed by atoms with Crippen LogP contribution in [0.15, 0.2) is 0 Å². The van der Waals surface area contributed by atoms with Crippen molar-refractivity contribution >= 4 is 39.5 Å². The molecule has 0 bridgehead atoms. The lowest BCUT2D eigenvalue weighted by Crippen LogP contribution is -2.30. The van der Waals surface area contributed by atoms with Crippen molar-refractivity contribution in [1.82, 2.24) is 0 Å². The Morgan fingerprint density at radius 3 is 0.760 bits per heavy atom. The van der Waals surface area contributed by atoms with E-state index in [1.807, 2.05) is 0 Å². The van der Waals surface area contributed by atoms with Gasteiger partial charge >= 0.3 is 39.5 Å². The average molecular weight is 1470 g/mol. The zero-order valence-corrected chi connectivity index (χ0v) is 67.3. The quantitative estimate of drug-likeness (QED) is 0.0222. The van der Waals surface area contributed by atoms with Crippen molar-refractivity contribution in [2.24, 2.45) is 11.8 Å². The van der Waals surface area contributed by atoms with Gasteiger partial charge in [0.1, 0.15) is 19.3 Å². The van der Waals surface area contributed by atoms with Gasteiger partial charge in [0.25, 0.3) is 0 Å². The molecule has 3 unspecified atom stereocenters. The zero-order chi connectivity index (χ0) is 73.5. The summed E-state index contributed by atoms with van der Waals surface area (Å²) < 4.78 is 68.7. The number of aliphatic hydroxyl groups is 1. The minimum absolute atomic E-state index is 0.107. The molecule has 100 heavy (non-hydrogen) atoms. The molecule has 594 valence electrons. The second-order valence-corrected chi connectivity index (χ2v) is 32.8. The van der Waals surface area contributed by atoms with Gasteiger partial charge in [-0.3, -0.25) is 37.3 Å². The van der Waals surface area contributed by atoms with E-state index in [1.165, 1.54) is 238 Å². The van der Waals surface area contributed by atoms with Crippen LogP contribution in [0.4, 0.5) is 0 Å². The summed E-state index contributed by atoms with van der Waals surface area (Å²) >= 11 is 0. The van der Waals surface area contributed by atoms with Crippen molar-refractivity contribution < 1.29 is 80.2 Å². The van der Waals surface area contributed by atoms with Crippen molar-refractivity contribution in [3.8, 4) is 0 Å². The van der Waals surface area contributed by atoms with Crippen LogP contribution in [-0.4, -0.2) is 96.7 Å². The summed E-state index contributed by atoms with van der Waals surface area (Å²) in [5, 5.41) is 10.6. The molecule has 3 N–H and O–H groups in total. The number of hydrogen-bond donors (Lipinski definition) is 3. The smallest absolute Gasteiger partial charge is 0.462 e. The van der Waals surface area contributed by atoms with E-state index in [-0.39, 0.29) is 25.7 Å². The van der Waals surface area contributed by atoms with Crippen molar-refractivity contribution in [3.63, 3.8) is 0 Å². The maximum absolute atomic E-state index is 13.1. The normalized spacial score (nSPS) is 14.2. The number of carbonyl (C=O) groups excluding carboxylic acids is 4. The first-order valence-corrected chi connectivity index (χ1v) is 45.0. The Morgan fingerprint density at radius 1 is 0.290 bits per heavy atom. The van der Waals surface area contributed by atoms with Gasteiger partial charge in [-0.15, -0.1) is 0 Å². The second kappa shape index (κ2) is 72.6. The third kappa shape index (κ3) is 73.0. The predicted octanol–water partition coefficient (Wildman–Crippen LogP) is 24.3. The highest BCUT2D eigenvalue weighted by molar-refractivity contribution is 7.47. The van der Waals surface area contributed by atoms with Gasteiger partial charge in [-0.1, -0.05) is 375 Å². The fourth-order valence-electron chi connectivity index (χ4n) is 12.5. The third-order valence-electron chi connectivity index (χ3n) is 19.3. The van der Waals surface area contributed by atoms with Crippen LogP contribution in [0.3, 0.4) is 0 Å². The summed E-state index contributed by atoms with van der Waals surface area (Å²) in [5.41, 5.74) is 0. The molecule has 0 amide bonds. The summed E-state index contributed by atoms with van der Waals surface area (Å²) in [7, 11) is -9.92. The number of unbranched alkanes of at least 4 members (excludes halogenated alkanes) is 49. The van der Waals surface area contributed by atoms with Crippen LogP contribution in [0.5, 0.6) is 0 Å². The largest absolute Gasteiger partial charge is 0.472 e. The number of hydrogen-bond acceptors (Lipinski definition) is 15. The summed E-state index contributed by atoms with van der Waals surface area (Å²) in [6.07, 6.45) is 62.5. The monoisotopic (exact) mass is 1470 g/mol. The molecule has 0 aliphatic heterocycles. The fourth-order valence-corrected chi connectivity index (χ4v) is 14.1. The SMILES string of the molecule is CCCCCCCCCCCCCCCCCCCCCCC(=O)O[C@H](COC(=O)CCCCCCCCCCCCCCCCC(C)C)COP(=O)(O)OC[C@@H](O)COP(=O)(O)OC[C@@H](COC(=O)CCCCCCCCC(C)CC)OC(=O)CCCCCCCCCCCCCCC. The molecule has 0 heterocycles. The van der Waals surface area contributed by atoms with Crippen molar-refractivity contribution in [1.29, 1.82) is 0 Å². The molecule has 19 heteroatoms. The Hall–Kier alpha value is -1.94. The molecule has 0 fully saturated rings. The molecule has 0 spiro atoms. The van der Waals surface area contributed by atoms with Gasteiger partial charge in [-0.05, 0) is 37.5 Å². The van der Waals surface area contributed by atoms with E-state index in [2.05, 4.69) is 41.5 Å². The van der Waals surface area contributed by atoms with Crippen LogP contribution in [0.2, 0.25) is 0 Å². The maximum Gasteiger partial charge on any atom is 0.472 e. The molecule has 0 aliphatic rings. The average Bonchev–Trinajstić information content (AvgIpc) is 1.28. The summed E-state index contributed by atoms with van der Waals surface area (Å²) in [6, 6.07) is 0. The molecule has 17 nitrogen and oxygen atoms in total.